The zero-order valence-corrected chi connectivity index (χ0v) is 19.9. The van der Waals surface area contributed by atoms with Crippen LogP contribution in [0.3, 0.4) is 0 Å². The van der Waals surface area contributed by atoms with Gasteiger partial charge in [-0.25, -0.2) is 9.97 Å². The van der Waals surface area contributed by atoms with Crippen molar-refractivity contribution in [1.82, 2.24) is 24.8 Å². The van der Waals surface area contributed by atoms with Crippen molar-refractivity contribution in [2.24, 2.45) is 0 Å². The van der Waals surface area contributed by atoms with Crippen LogP contribution in [-0.2, 0) is 4.74 Å². The van der Waals surface area contributed by atoms with E-state index in [-0.39, 0.29) is 5.91 Å². The second-order valence-corrected chi connectivity index (χ2v) is 9.89. The number of imidazole rings is 1. The number of nitrogens with zero attached hydrogens (tertiary/aromatic N) is 3. The predicted octanol–water partition coefficient (Wildman–Crippen LogP) is 5.12. The fourth-order valence-corrected chi connectivity index (χ4v) is 5.78. The van der Waals surface area contributed by atoms with Gasteiger partial charge in [-0.2, -0.15) is 0 Å². The van der Waals surface area contributed by atoms with E-state index in [1.165, 1.54) is 5.56 Å². The first kappa shape index (κ1) is 20.9. The van der Waals surface area contributed by atoms with Gasteiger partial charge in [0.15, 0.2) is 5.65 Å². The number of H-pyrrole nitrogens is 2. The largest absolute Gasteiger partial charge is 0.381 e. The van der Waals surface area contributed by atoms with Gasteiger partial charge in [0.2, 0.25) is 0 Å². The number of aromatic nitrogens is 4. The molecule has 0 bridgehead atoms. The van der Waals surface area contributed by atoms with Gasteiger partial charge >= 0.3 is 0 Å². The number of rotatable bonds is 3. The first-order valence-corrected chi connectivity index (χ1v) is 12.5. The van der Waals surface area contributed by atoms with Crippen LogP contribution in [0.25, 0.3) is 22.1 Å². The van der Waals surface area contributed by atoms with Crippen molar-refractivity contribution in [3.05, 3.63) is 58.1 Å². The summed E-state index contributed by atoms with van der Waals surface area (Å²) in [5.74, 6) is 1.93. The summed E-state index contributed by atoms with van der Waals surface area (Å²) in [6.45, 7) is 3.07. The van der Waals surface area contributed by atoms with Crippen LogP contribution >= 0.6 is 15.9 Å². The summed E-state index contributed by atoms with van der Waals surface area (Å²) in [4.78, 5) is 31.5. The van der Waals surface area contributed by atoms with Crippen molar-refractivity contribution in [2.45, 2.75) is 37.5 Å². The zero-order chi connectivity index (χ0) is 22.4. The lowest BCUT2D eigenvalue weighted by Gasteiger charge is -2.32. The normalized spacial score (nSPS) is 18.4. The molecule has 33 heavy (non-hydrogen) atoms. The summed E-state index contributed by atoms with van der Waals surface area (Å²) in [5.41, 5.74) is 4.76. The van der Waals surface area contributed by atoms with Gasteiger partial charge < -0.3 is 19.6 Å². The number of nitrogens with one attached hydrogen (secondary N) is 2. The summed E-state index contributed by atoms with van der Waals surface area (Å²) < 4.78 is 6.50. The zero-order valence-electron chi connectivity index (χ0n) is 18.3. The Kier molecular flexibility index (Phi) is 5.42. The maximum absolute atomic E-state index is 13.3. The van der Waals surface area contributed by atoms with Crippen LogP contribution in [0.5, 0.6) is 0 Å². The van der Waals surface area contributed by atoms with Crippen molar-refractivity contribution in [1.29, 1.82) is 0 Å². The van der Waals surface area contributed by atoms with Gasteiger partial charge in [-0.05, 0) is 61.4 Å². The highest BCUT2D eigenvalue weighted by Gasteiger charge is 2.28. The van der Waals surface area contributed by atoms with E-state index in [4.69, 9.17) is 9.72 Å². The first-order chi connectivity index (χ1) is 16.2. The second kappa shape index (κ2) is 8.57. The number of carbonyl (C=O) groups is 1. The van der Waals surface area contributed by atoms with Crippen LogP contribution in [-0.4, -0.2) is 57.0 Å². The summed E-state index contributed by atoms with van der Waals surface area (Å²) in [6, 6.07) is 7.98. The highest BCUT2D eigenvalue weighted by Crippen LogP contribution is 2.35. The van der Waals surface area contributed by atoms with Crippen molar-refractivity contribution in [3.8, 4) is 0 Å². The number of benzene rings is 1. The number of amides is 1. The molecule has 2 fully saturated rings. The van der Waals surface area contributed by atoms with E-state index in [0.717, 1.165) is 89.9 Å². The number of halogens is 1. The van der Waals surface area contributed by atoms with Crippen molar-refractivity contribution >= 4 is 43.9 Å². The SMILES string of the molecule is O=C(c1ccc(Br)c2cc[nH]c12)N1CCC(c2ccnc3nc(C4CCOCC4)[nH]c23)CC1. The predicted molar refractivity (Wildman–Crippen MR) is 131 cm³/mol. The minimum absolute atomic E-state index is 0.0941. The van der Waals surface area contributed by atoms with Crippen molar-refractivity contribution in [3.63, 3.8) is 0 Å². The minimum Gasteiger partial charge on any atom is -0.381 e. The number of fused-ring (bicyclic) bond motifs is 2. The van der Waals surface area contributed by atoms with E-state index in [9.17, 15) is 4.79 Å². The molecule has 170 valence electrons. The Morgan fingerprint density at radius 2 is 1.85 bits per heavy atom. The maximum atomic E-state index is 13.3. The molecular weight excluding hydrogens is 482 g/mol. The van der Waals surface area contributed by atoms with Crippen LogP contribution in [0, 0.1) is 0 Å². The lowest BCUT2D eigenvalue weighted by Crippen LogP contribution is -2.38. The van der Waals surface area contributed by atoms with Crippen LogP contribution in [0.1, 0.15) is 59.3 Å². The Balaban J connectivity index is 1.21. The molecule has 2 saturated heterocycles. The first-order valence-electron chi connectivity index (χ1n) is 11.7. The molecule has 0 atom stereocenters. The Bertz CT molecular complexity index is 1320. The van der Waals surface area contributed by atoms with Gasteiger partial charge in [-0.15, -0.1) is 0 Å². The van der Waals surface area contributed by atoms with E-state index in [1.807, 2.05) is 35.5 Å². The number of likely N-dealkylation sites (tertiary alicyclic amines) is 1. The summed E-state index contributed by atoms with van der Waals surface area (Å²) >= 11 is 3.57. The highest BCUT2D eigenvalue weighted by atomic mass is 79.9. The lowest BCUT2D eigenvalue weighted by molar-refractivity contribution is 0.0715. The number of hydrogen-bond acceptors (Lipinski definition) is 4. The number of piperidine rings is 1. The smallest absolute Gasteiger partial charge is 0.255 e. The van der Waals surface area contributed by atoms with Gasteiger partial charge in [0.1, 0.15) is 5.82 Å². The van der Waals surface area contributed by atoms with E-state index >= 15 is 0 Å². The number of hydrogen-bond donors (Lipinski definition) is 2. The molecule has 1 aromatic carbocycles. The monoisotopic (exact) mass is 507 g/mol. The molecule has 4 aromatic rings. The molecule has 8 heteroatoms. The topological polar surface area (TPSA) is 86.9 Å². The Morgan fingerprint density at radius 3 is 2.67 bits per heavy atom. The molecule has 0 aliphatic carbocycles. The molecule has 7 nitrogen and oxygen atoms in total. The van der Waals surface area contributed by atoms with Gasteiger partial charge in [0.25, 0.3) is 5.91 Å². The molecule has 5 heterocycles. The molecular formula is C25H26BrN5O2. The Morgan fingerprint density at radius 1 is 1.03 bits per heavy atom. The van der Waals surface area contributed by atoms with Gasteiger partial charge in [0.05, 0.1) is 16.6 Å². The number of pyridine rings is 1. The van der Waals surface area contributed by atoms with Crippen LogP contribution in [0.2, 0.25) is 0 Å². The average Bonchev–Trinajstić information content (AvgIpc) is 3.53. The molecule has 2 N–H and O–H groups in total. The van der Waals surface area contributed by atoms with E-state index in [2.05, 4.69) is 36.9 Å². The second-order valence-electron chi connectivity index (χ2n) is 9.04. The standard InChI is InChI=1S/C25H26BrN5O2/c26-20-2-1-19(21-18(20)4-9-27-21)25(32)31-11-5-15(6-12-31)17-3-10-28-24-22(17)29-23(30-24)16-7-13-33-14-8-16/h1-4,9-10,15-16,27H,5-8,11-14H2,(H,28,29,30). The highest BCUT2D eigenvalue weighted by molar-refractivity contribution is 9.10. The van der Waals surface area contributed by atoms with Crippen LogP contribution in [0.15, 0.2) is 41.1 Å². The molecule has 0 spiro atoms. The average molecular weight is 508 g/mol. The number of carbonyl (C=O) groups excluding carboxylic acids is 1. The van der Waals surface area contributed by atoms with Gasteiger partial charge in [-0.1, -0.05) is 15.9 Å². The number of ether oxygens (including phenoxy) is 1. The summed E-state index contributed by atoms with van der Waals surface area (Å²) in [5, 5.41) is 1.04. The molecule has 3 aromatic heterocycles. The Labute approximate surface area is 200 Å². The van der Waals surface area contributed by atoms with Crippen LogP contribution in [0.4, 0.5) is 0 Å². The molecule has 2 aliphatic heterocycles. The molecule has 6 rings (SSSR count). The molecule has 2 aliphatic rings. The van der Waals surface area contributed by atoms with E-state index in [0.29, 0.717) is 11.8 Å². The Hall–Kier alpha value is -2.71. The third-order valence-electron chi connectivity index (χ3n) is 7.17. The lowest BCUT2D eigenvalue weighted by atomic mass is 9.89. The third-order valence-corrected chi connectivity index (χ3v) is 7.86. The fourth-order valence-electron chi connectivity index (χ4n) is 5.32. The quantitative estimate of drug-likeness (QED) is 0.403. The third kappa shape index (κ3) is 3.75. The van der Waals surface area contributed by atoms with Gasteiger partial charge in [0, 0.05) is 54.5 Å². The fraction of sp³-hybridized carbons (Fsp3) is 0.400. The molecule has 1 amide bonds. The van der Waals surface area contributed by atoms with E-state index in [1.54, 1.807) is 0 Å². The van der Waals surface area contributed by atoms with Gasteiger partial charge in [-0.3, -0.25) is 4.79 Å². The van der Waals surface area contributed by atoms with E-state index < -0.39 is 0 Å². The maximum Gasteiger partial charge on any atom is 0.255 e. The molecule has 0 saturated carbocycles. The molecule has 0 unspecified atom stereocenters. The van der Waals surface area contributed by atoms with Crippen molar-refractivity contribution < 1.29 is 9.53 Å². The summed E-state index contributed by atoms with van der Waals surface area (Å²) in [6.07, 6.45) is 7.61. The van der Waals surface area contributed by atoms with Crippen molar-refractivity contribution in [2.75, 3.05) is 26.3 Å². The van der Waals surface area contributed by atoms with Crippen LogP contribution < -0.4 is 0 Å². The summed E-state index contributed by atoms with van der Waals surface area (Å²) in [7, 11) is 0. The number of aromatic amines is 2. The minimum atomic E-state index is 0.0941. The molecule has 0 radical (unpaired) electrons.